The average molecular weight is 168 g/mol. The van der Waals surface area contributed by atoms with E-state index in [0.717, 1.165) is 7.28 Å². The third kappa shape index (κ3) is 1.35. The van der Waals surface area contributed by atoms with Gasteiger partial charge in [0.1, 0.15) is 0 Å². The molecule has 2 aromatic carbocycles. The fourth-order valence-electron chi connectivity index (χ4n) is 1.82. The highest BCUT2D eigenvalue weighted by atomic mass is 14.0. The van der Waals surface area contributed by atoms with Gasteiger partial charge in [0, 0.05) is 0 Å². The molecule has 0 radical (unpaired) electrons. The van der Waals surface area contributed by atoms with Gasteiger partial charge in [-0.15, -0.1) is 0 Å². The van der Waals surface area contributed by atoms with Crippen LogP contribution in [-0.4, -0.2) is 7.28 Å². The second-order valence-electron chi connectivity index (χ2n) is 3.44. The lowest BCUT2D eigenvalue weighted by molar-refractivity contribution is 1.54. The monoisotopic (exact) mass is 168 g/mol. The number of aryl methyl sites for hydroxylation is 1. The van der Waals surface area contributed by atoms with Gasteiger partial charge in [0.2, 0.25) is 0 Å². The van der Waals surface area contributed by atoms with Crippen molar-refractivity contribution in [3.63, 3.8) is 0 Å². The van der Waals surface area contributed by atoms with Gasteiger partial charge >= 0.3 is 0 Å². The van der Waals surface area contributed by atoms with Crippen molar-refractivity contribution in [3.05, 3.63) is 42.0 Å². The highest BCUT2D eigenvalue weighted by Gasteiger charge is 2.00. The van der Waals surface area contributed by atoms with E-state index in [-0.39, 0.29) is 0 Å². The summed E-state index contributed by atoms with van der Waals surface area (Å²) in [6.45, 7) is 4.37. The van der Waals surface area contributed by atoms with Crippen LogP contribution in [-0.2, 0) is 0 Å². The maximum absolute atomic E-state index is 2.23. The first kappa shape index (κ1) is 8.37. The molecule has 0 heterocycles. The lowest BCUT2D eigenvalue weighted by Crippen LogP contribution is -2.11. The van der Waals surface area contributed by atoms with E-state index in [1.807, 2.05) is 0 Å². The molecule has 13 heavy (non-hydrogen) atoms. The van der Waals surface area contributed by atoms with E-state index in [4.69, 9.17) is 0 Å². The summed E-state index contributed by atoms with van der Waals surface area (Å²) in [5, 5.41) is 2.80. The summed E-state index contributed by atoms with van der Waals surface area (Å²) in [6.07, 6.45) is 0. The van der Waals surface area contributed by atoms with Crippen LogP contribution in [0.3, 0.4) is 0 Å². The predicted molar refractivity (Wildman–Crippen MR) is 61.3 cm³/mol. The third-order valence-corrected chi connectivity index (χ3v) is 2.61. The number of rotatable bonds is 1. The zero-order chi connectivity index (χ0) is 9.26. The van der Waals surface area contributed by atoms with E-state index in [2.05, 4.69) is 50.1 Å². The molecular formula is C12H13B. The van der Waals surface area contributed by atoms with Crippen LogP contribution in [0.1, 0.15) is 5.56 Å². The Kier molecular flexibility index (Phi) is 2.09. The first-order valence-corrected chi connectivity index (χ1v) is 4.80. The predicted octanol–water partition coefficient (Wildman–Crippen LogP) is 2.26. The number of hydrogen-bond acceptors (Lipinski definition) is 0. The van der Waals surface area contributed by atoms with Gasteiger partial charge in [-0.3, -0.25) is 0 Å². The van der Waals surface area contributed by atoms with Crippen LogP contribution in [0.2, 0.25) is 6.82 Å². The summed E-state index contributed by atoms with van der Waals surface area (Å²) in [5.41, 5.74) is 2.81. The smallest absolute Gasteiger partial charge is 0.0849 e. The summed E-state index contributed by atoms with van der Waals surface area (Å²) in [5.74, 6) is 0. The van der Waals surface area contributed by atoms with Crippen LogP contribution in [0.25, 0.3) is 10.8 Å². The van der Waals surface area contributed by atoms with Crippen molar-refractivity contribution >= 4 is 23.5 Å². The van der Waals surface area contributed by atoms with E-state index < -0.39 is 0 Å². The van der Waals surface area contributed by atoms with Crippen molar-refractivity contribution in [1.29, 1.82) is 0 Å². The molecule has 64 valence electrons. The minimum atomic E-state index is 1.11. The molecule has 2 aromatic rings. The molecule has 0 aliphatic heterocycles. The molecule has 0 aliphatic carbocycles. The van der Waals surface area contributed by atoms with Gasteiger partial charge in [-0.2, -0.15) is 0 Å². The van der Waals surface area contributed by atoms with Gasteiger partial charge in [-0.1, -0.05) is 48.7 Å². The normalized spacial score (nSPS) is 10.3. The first-order chi connectivity index (χ1) is 6.33. The Morgan fingerprint density at radius 1 is 0.923 bits per heavy atom. The van der Waals surface area contributed by atoms with Crippen molar-refractivity contribution in [2.75, 3.05) is 0 Å². The molecule has 0 aromatic heterocycles. The fourth-order valence-corrected chi connectivity index (χ4v) is 1.82. The van der Waals surface area contributed by atoms with Crippen molar-refractivity contribution in [1.82, 2.24) is 0 Å². The number of hydrogen-bond donors (Lipinski definition) is 0. The minimum absolute atomic E-state index is 1.11. The summed E-state index contributed by atoms with van der Waals surface area (Å²) < 4.78 is 0. The van der Waals surface area contributed by atoms with Gasteiger partial charge in [-0.05, 0) is 23.3 Å². The van der Waals surface area contributed by atoms with Crippen LogP contribution < -0.4 is 5.46 Å². The Hall–Kier alpha value is -1.24. The number of benzene rings is 2. The fraction of sp³-hybridized carbons (Fsp3) is 0.167. The van der Waals surface area contributed by atoms with Crippen molar-refractivity contribution in [2.24, 2.45) is 0 Å². The van der Waals surface area contributed by atoms with E-state index in [1.165, 1.54) is 21.8 Å². The summed E-state index contributed by atoms with van der Waals surface area (Å²) in [6, 6.07) is 13.1. The summed E-state index contributed by atoms with van der Waals surface area (Å²) >= 11 is 0. The van der Waals surface area contributed by atoms with Crippen molar-refractivity contribution in [3.8, 4) is 0 Å². The topological polar surface area (TPSA) is 0 Å². The Labute approximate surface area is 79.8 Å². The standard InChI is InChI=1S/C12H13B/c1-9-7-8-12(13-2)11-6-4-3-5-10(9)11/h3-8,13H,1-2H3. The van der Waals surface area contributed by atoms with Crippen LogP contribution >= 0.6 is 0 Å². The molecule has 0 nitrogen and oxygen atoms in total. The zero-order valence-corrected chi connectivity index (χ0v) is 8.17. The van der Waals surface area contributed by atoms with E-state index in [0.29, 0.717) is 0 Å². The summed E-state index contributed by atoms with van der Waals surface area (Å²) in [7, 11) is 1.11. The zero-order valence-electron chi connectivity index (χ0n) is 8.17. The van der Waals surface area contributed by atoms with Crippen LogP contribution in [0.15, 0.2) is 36.4 Å². The quantitative estimate of drug-likeness (QED) is 0.573. The molecule has 0 N–H and O–H groups in total. The van der Waals surface area contributed by atoms with Gasteiger partial charge < -0.3 is 0 Å². The molecular weight excluding hydrogens is 155 g/mol. The molecule has 0 spiro atoms. The molecule has 0 unspecified atom stereocenters. The van der Waals surface area contributed by atoms with Gasteiger partial charge in [0.05, 0.1) is 0 Å². The second kappa shape index (κ2) is 3.25. The van der Waals surface area contributed by atoms with Crippen molar-refractivity contribution in [2.45, 2.75) is 13.7 Å². The Morgan fingerprint density at radius 3 is 2.31 bits per heavy atom. The first-order valence-electron chi connectivity index (χ1n) is 4.80. The molecule has 1 heteroatoms. The molecule has 0 amide bonds. The number of fused-ring (bicyclic) bond motifs is 1. The highest BCUT2D eigenvalue weighted by molar-refractivity contribution is 6.55. The van der Waals surface area contributed by atoms with Gasteiger partial charge in [0.25, 0.3) is 0 Å². The third-order valence-electron chi connectivity index (χ3n) is 2.61. The Balaban J connectivity index is 2.84. The lowest BCUT2D eigenvalue weighted by Gasteiger charge is -2.05. The minimum Gasteiger partial charge on any atom is -0.0849 e. The lowest BCUT2D eigenvalue weighted by atomic mass is 9.71. The van der Waals surface area contributed by atoms with E-state index in [1.54, 1.807) is 0 Å². The second-order valence-corrected chi connectivity index (χ2v) is 3.44. The molecule has 0 saturated carbocycles. The van der Waals surface area contributed by atoms with Gasteiger partial charge in [-0.25, -0.2) is 0 Å². The molecule has 0 aliphatic rings. The Bertz CT molecular complexity index is 432. The van der Waals surface area contributed by atoms with Crippen LogP contribution in [0.4, 0.5) is 0 Å². The van der Waals surface area contributed by atoms with E-state index >= 15 is 0 Å². The maximum atomic E-state index is 2.23. The van der Waals surface area contributed by atoms with Gasteiger partial charge in [0.15, 0.2) is 7.28 Å². The molecule has 0 bridgehead atoms. The molecule has 0 atom stereocenters. The summed E-state index contributed by atoms with van der Waals surface area (Å²) in [4.78, 5) is 0. The van der Waals surface area contributed by atoms with Crippen molar-refractivity contribution < 1.29 is 0 Å². The van der Waals surface area contributed by atoms with Crippen LogP contribution in [0, 0.1) is 6.92 Å². The molecule has 2 rings (SSSR count). The van der Waals surface area contributed by atoms with E-state index in [9.17, 15) is 0 Å². The largest absolute Gasteiger partial charge is 0.155 e. The Morgan fingerprint density at radius 2 is 1.62 bits per heavy atom. The SMILES string of the molecule is CBc1ccc(C)c2ccccc12. The highest BCUT2D eigenvalue weighted by Crippen LogP contribution is 2.15. The maximum Gasteiger partial charge on any atom is 0.155 e. The van der Waals surface area contributed by atoms with Crippen LogP contribution in [0.5, 0.6) is 0 Å². The molecule has 0 fully saturated rings. The average Bonchev–Trinajstić information content (AvgIpc) is 2.19. The molecule has 0 saturated heterocycles.